The zero-order valence-electron chi connectivity index (χ0n) is 19.3. The van der Waals surface area contributed by atoms with E-state index in [4.69, 9.17) is 11.6 Å². The summed E-state index contributed by atoms with van der Waals surface area (Å²) in [5.74, 6) is -0.311. The highest BCUT2D eigenvalue weighted by molar-refractivity contribution is 6.30. The number of carbonyl (C=O) groups is 2. The third-order valence-corrected chi connectivity index (χ3v) is 6.59. The fraction of sp³-hybridized carbons (Fsp3) is 0.440. The number of urea groups is 1. The quantitative estimate of drug-likeness (QED) is 0.552. The lowest BCUT2D eigenvalue weighted by molar-refractivity contribution is -0.121. The minimum atomic E-state index is -0.178. The highest BCUT2D eigenvalue weighted by Crippen LogP contribution is 2.20. The molecule has 2 aromatic carbocycles. The Hall–Kier alpha value is -2.84. The van der Waals surface area contributed by atoms with Gasteiger partial charge in [-0.3, -0.25) is 9.69 Å². The summed E-state index contributed by atoms with van der Waals surface area (Å²) in [4.78, 5) is 32.7. The first kappa shape index (κ1) is 24.3. The Balaban J connectivity index is 1.11. The van der Waals surface area contributed by atoms with Crippen molar-refractivity contribution >= 4 is 29.2 Å². The van der Waals surface area contributed by atoms with Crippen molar-refractivity contribution in [2.75, 3.05) is 63.8 Å². The van der Waals surface area contributed by atoms with Gasteiger partial charge in [0.05, 0.1) is 5.69 Å². The van der Waals surface area contributed by atoms with Gasteiger partial charge in [-0.1, -0.05) is 35.9 Å². The first-order valence-corrected chi connectivity index (χ1v) is 12.1. The Morgan fingerprint density at radius 1 is 0.941 bits per heavy atom. The molecule has 2 aliphatic heterocycles. The van der Waals surface area contributed by atoms with Gasteiger partial charge in [0.2, 0.25) is 5.91 Å². The fourth-order valence-electron chi connectivity index (χ4n) is 4.42. The molecule has 0 saturated carbocycles. The molecule has 0 atom stereocenters. The number of benzene rings is 2. The molecule has 2 aliphatic rings. The second-order valence-electron chi connectivity index (χ2n) is 8.74. The maximum absolute atomic E-state index is 14.0. The number of halogens is 2. The van der Waals surface area contributed by atoms with Gasteiger partial charge in [-0.25, -0.2) is 9.18 Å². The van der Waals surface area contributed by atoms with E-state index in [0.717, 1.165) is 44.7 Å². The summed E-state index contributed by atoms with van der Waals surface area (Å²) in [5.41, 5.74) is 1.68. The maximum Gasteiger partial charge on any atom is 0.320 e. The van der Waals surface area contributed by atoms with Gasteiger partial charge in [-0.15, -0.1) is 0 Å². The SMILES string of the molecule is O=C(CN1CCN(Cc2ccc(Cl)cc2)C1=O)NCCCN1CCN(c2ccccc2F)CC1. The van der Waals surface area contributed by atoms with E-state index in [2.05, 4.69) is 15.1 Å². The van der Waals surface area contributed by atoms with Crippen LogP contribution in [-0.4, -0.2) is 85.5 Å². The molecule has 0 aromatic heterocycles. The molecule has 0 bridgehead atoms. The van der Waals surface area contributed by atoms with E-state index in [1.165, 1.54) is 6.07 Å². The van der Waals surface area contributed by atoms with Crippen LogP contribution in [0.2, 0.25) is 5.02 Å². The molecule has 0 radical (unpaired) electrons. The Morgan fingerprint density at radius 3 is 2.38 bits per heavy atom. The molecular weight excluding hydrogens is 457 g/mol. The number of nitrogens with zero attached hydrogens (tertiary/aromatic N) is 4. The number of piperazine rings is 1. The Bertz CT molecular complexity index is 982. The van der Waals surface area contributed by atoms with E-state index in [-0.39, 0.29) is 24.3 Å². The first-order chi connectivity index (χ1) is 16.5. The number of anilines is 1. The minimum absolute atomic E-state index is 0.0806. The van der Waals surface area contributed by atoms with Crippen molar-refractivity contribution in [2.45, 2.75) is 13.0 Å². The average molecular weight is 488 g/mol. The zero-order chi connectivity index (χ0) is 23.9. The number of amides is 3. The van der Waals surface area contributed by atoms with Gasteiger partial charge < -0.3 is 20.0 Å². The first-order valence-electron chi connectivity index (χ1n) is 11.8. The Kier molecular flexibility index (Phi) is 8.24. The zero-order valence-corrected chi connectivity index (χ0v) is 20.0. The second kappa shape index (κ2) is 11.5. The maximum atomic E-state index is 14.0. The molecule has 2 aromatic rings. The van der Waals surface area contributed by atoms with Crippen LogP contribution in [0.5, 0.6) is 0 Å². The lowest BCUT2D eigenvalue weighted by Crippen LogP contribution is -2.47. The van der Waals surface area contributed by atoms with Crippen LogP contribution >= 0.6 is 11.6 Å². The molecule has 0 aliphatic carbocycles. The summed E-state index contributed by atoms with van der Waals surface area (Å²) in [6.45, 7) is 6.51. The van der Waals surface area contributed by atoms with Crippen molar-refractivity contribution in [3.05, 3.63) is 64.9 Å². The molecule has 182 valence electrons. The van der Waals surface area contributed by atoms with Crippen molar-refractivity contribution in [2.24, 2.45) is 0 Å². The number of rotatable bonds is 9. The van der Waals surface area contributed by atoms with Crippen molar-refractivity contribution in [1.29, 1.82) is 0 Å². The molecule has 2 saturated heterocycles. The largest absolute Gasteiger partial charge is 0.367 e. The van der Waals surface area contributed by atoms with Crippen LogP contribution in [-0.2, 0) is 11.3 Å². The molecule has 4 rings (SSSR count). The van der Waals surface area contributed by atoms with Crippen LogP contribution in [0, 0.1) is 5.82 Å². The van der Waals surface area contributed by atoms with Crippen LogP contribution in [0.3, 0.4) is 0 Å². The lowest BCUT2D eigenvalue weighted by atomic mass is 10.2. The molecule has 34 heavy (non-hydrogen) atoms. The summed E-state index contributed by atoms with van der Waals surface area (Å²) in [6, 6.07) is 14.2. The van der Waals surface area contributed by atoms with Crippen LogP contribution < -0.4 is 10.2 Å². The molecule has 7 nitrogen and oxygen atoms in total. The fourth-order valence-corrected chi connectivity index (χ4v) is 4.54. The lowest BCUT2D eigenvalue weighted by Gasteiger charge is -2.36. The van der Waals surface area contributed by atoms with Crippen molar-refractivity contribution in [3.8, 4) is 0 Å². The van der Waals surface area contributed by atoms with Gasteiger partial charge in [0.15, 0.2) is 0 Å². The number of para-hydroxylation sites is 1. The molecule has 0 unspecified atom stereocenters. The van der Waals surface area contributed by atoms with Gasteiger partial charge >= 0.3 is 6.03 Å². The Morgan fingerprint density at radius 2 is 1.65 bits per heavy atom. The van der Waals surface area contributed by atoms with E-state index < -0.39 is 0 Å². The van der Waals surface area contributed by atoms with E-state index in [9.17, 15) is 14.0 Å². The summed E-state index contributed by atoms with van der Waals surface area (Å²) in [7, 11) is 0. The van der Waals surface area contributed by atoms with E-state index in [1.807, 2.05) is 36.4 Å². The minimum Gasteiger partial charge on any atom is -0.367 e. The molecule has 1 N–H and O–H groups in total. The predicted molar refractivity (Wildman–Crippen MR) is 132 cm³/mol. The van der Waals surface area contributed by atoms with Crippen LogP contribution in [0.15, 0.2) is 48.5 Å². The van der Waals surface area contributed by atoms with Crippen LogP contribution in [0.4, 0.5) is 14.9 Å². The molecule has 3 amide bonds. The number of nitrogens with one attached hydrogen (secondary N) is 1. The highest BCUT2D eigenvalue weighted by atomic mass is 35.5. The molecule has 0 spiro atoms. The monoisotopic (exact) mass is 487 g/mol. The summed E-state index contributed by atoms with van der Waals surface area (Å²) < 4.78 is 14.0. The van der Waals surface area contributed by atoms with Gasteiger partial charge in [0.25, 0.3) is 0 Å². The summed E-state index contributed by atoms with van der Waals surface area (Å²) in [5, 5.41) is 3.60. The molecular formula is C25H31ClFN5O2. The Labute approximate surface area is 205 Å². The van der Waals surface area contributed by atoms with Gasteiger partial charge in [-0.05, 0) is 42.8 Å². The van der Waals surface area contributed by atoms with Gasteiger partial charge in [0, 0.05) is 57.4 Å². The molecule has 2 heterocycles. The molecule has 9 heteroatoms. The van der Waals surface area contributed by atoms with Gasteiger partial charge in [0.1, 0.15) is 12.4 Å². The normalized spacial score (nSPS) is 16.9. The van der Waals surface area contributed by atoms with Gasteiger partial charge in [-0.2, -0.15) is 0 Å². The number of hydrogen-bond acceptors (Lipinski definition) is 4. The smallest absolute Gasteiger partial charge is 0.320 e. The predicted octanol–water partition coefficient (Wildman–Crippen LogP) is 3.05. The highest BCUT2D eigenvalue weighted by Gasteiger charge is 2.29. The molecule has 2 fully saturated rings. The number of hydrogen-bond donors (Lipinski definition) is 1. The standard InChI is InChI=1S/C25H31ClFN5O2/c26-21-8-6-20(7-9-21)18-31-16-17-32(25(31)34)19-24(33)28-10-3-11-29-12-14-30(15-13-29)23-5-2-1-4-22(23)27/h1-2,4-9H,3,10-19H2,(H,28,33). The summed E-state index contributed by atoms with van der Waals surface area (Å²) in [6.07, 6.45) is 0.835. The third-order valence-electron chi connectivity index (χ3n) is 6.34. The van der Waals surface area contributed by atoms with E-state index in [1.54, 1.807) is 15.9 Å². The van der Waals surface area contributed by atoms with Crippen LogP contribution in [0.1, 0.15) is 12.0 Å². The number of carbonyl (C=O) groups excluding carboxylic acids is 2. The topological polar surface area (TPSA) is 59.1 Å². The third kappa shape index (κ3) is 6.39. The van der Waals surface area contributed by atoms with E-state index >= 15 is 0 Å². The second-order valence-corrected chi connectivity index (χ2v) is 9.17. The average Bonchev–Trinajstić information content (AvgIpc) is 3.18. The van der Waals surface area contributed by atoms with Crippen LogP contribution in [0.25, 0.3) is 0 Å². The van der Waals surface area contributed by atoms with Crippen molar-refractivity contribution in [1.82, 2.24) is 20.0 Å². The summed E-state index contributed by atoms with van der Waals surface area (Å²) >= 11 is 5.92. The van der Waals surface area contributed by atoms with Crippen molar-refractivity contribution < 1.29 is 14.0 Å². The van der Waals surface area contributed by atoms with E-state index in [0.29, 0.717) is 36.9 Å². The van der Waals surface area contributed by atoms with Crippen molar-refractivity contribution in [3.63, 3.8) is 0 Å².